The van der Waals surface area contributed by atoms with E-state index in [-0.39, 0.29) is 17.3 Å². The first-order valence-electron chi connectivity index (χ1n) is 7.55. The molecular formula is C17H15N5O3. The van der Waals surface area contributed by atoms with Crippen molar-refractivity contribution < 1.29 is 9.72 Å². The summed E-state index contributed by atoms with van der Waals surface area (Å²) in [5.41, 5.74) is 1.09. The second-order valence-corrected chi connectivity index (χ2v) is 5.38. The Labute approximate surface area is 143 Å². The fourth-order valence-electron chi connectivity index (χ4n) is 2.42. The van der Waals surface area contributed by atoms with Crippen molar-refractivity contribution in [3.8, 4) is 5.69 Å². The van der Waals surface area contributed by atoms with Crippen molar-refractivity contribution in [1.82, 2.24) is 19.9 Å². The van der Waals surface area contributed by atoms with Crippen molar-refractivity contribution >= 4 is 11.6 Å². The van der Waals surface area contributed by atoms with Gasteiger partial charge in [0, 0.05) is 30.2 Å². The summed E-state index contributed by atoms with van der Waals surface area (Å²) in [4.78, 5) is 31.3. The van der Waals surface area contributed by atoms with Crippen LogP contribution in [0.25, 0.3) is 5.69 Å². The summed E-state index contributed by atoms with van der Waals surface area (Å²) in [5, 5.41) is 14.2. The van der Waals surface area contributed by atoms with Crippen LogP contribution in [-0.2, 0) is 0 Å². The zero-order chi connectivity index (χ0) is 17.8. The summed E-state index contributed by atoms with van der Waals surface area (Å²) in [7, 11) is 0. The molecule has 1 amide bonds. The Morgan fingerprint density at radius 3 is 2.76 bits per heavy atom. The van der Waals surface area contributed by atoms with Gasteiger partial charge in [-0.2, -0.15) is 0 Å². The Morgan fingerprint density at radius 2 is 2.12 bits per heavy atom. The van der Waals surface area contributed by atoms with Gasteiger partial charge in [0.2, 0.25) is 0 Å². The molecule has 0 radical (unpaired) electrons. The molecule has 0 saturated heterocycles. The van der Waals surface area contributed by atoms with E-state index < -0.39 is 10.8 Å². The number of benzene rings is 1. The van der Waals surface area contributed by atoms with E-state index in [9.17, 15) is 14.9 Å². The third-order valence-corrected chi connectivity index (χ3v) is 3.70. The SMILES string of the molecule is CC(NC(=O)c1ccc(-n2ccnc2)c([N+](=O)[O-])c1)c1ccccn1. The first-order valence-corrected chi connectivity index (χ1v) is 7.55. The highest BCUT2D eigenvalue weighted by Gasteiger charge is 2.20. The van der Waals surface area contributed by atoms with Crippen molar-refractivity contribution in [3.63, 3.8) is 0 Å². The lowest BCUT2D eigenvalue weighted by Gasteiger charge is -2.13. The Balaban J connectivity index is 1.86. The largest absolute Gasteiger partial charge is 0.344 e. The average Bonchev–Trinajstić information content (AvgIpc) is 3.16. The van der Waals surface area contributed by atoms with Gasteiger partial charge in [-0.1, -0.05) is 6.07 Å². The van der Waals surface area contributed by atoms with Crippen LogP contribution in [0.15, 0.2) is 61.3 Å². The maximum atomic E-state index is 12.4. The quantitative estimate of drug-likeness (QED) is 0.569. The maximum Gasteiger partial charge on any atom is 0.294 e. The molecule has 0 aliphatic rings. The molecule has 0 saturated carbocycles. The van der Waals surface area contributed by atoms with Gasteiger partial charge in [-0.3, -0.25) is 19.9 Å². The number of aromatic nitrogens is 3. The fraction of sp³-hybridized carbons (Fsp3) is 0.118. The summed E-state index contributed by atoms with van der Waals surface area (Å²) >= 11 is 0. The van der Waals surface area contributed by atoms with E-state index in [1.165, 1.54) is 29.2 Å². The number of nitro groups is 1. The molecule has 1 atom stereocenters. The predicted octanol–water partition coefficient (Wildman–Crippen LogP) is 2.67. The Bertz CT molecular complexity index is 894. The van der Waals surface area contributed by atoms with Gasteiger partial charge in [0.05, 0.1) is 23.0 Å². The first kappa shape index (κ1) is 16.3. The number of pyridine rings is 1. The van der Waals surface area contributed by atoms with Gasteiger partial charge in [-0.25, -0.2) is 4.98 Å². The van der Waals surface area contributed by atoms with Crippen LogP contribution < -0.4 is 5.32 Å². The van der Waals surface area contributed by atoms with Crippen LogP contribution in [0.4, 0.5) is 5.69 Å². The molecule has 0 aliphatic heterocycles. The molecule has 0 fully saturated rings. The van der Waals surface area contributed by atoms with Crippen molar-refractivity contribution in [1.29, 1.82) is 0 Å². The maximum absolute atomic E-state index is 12.4. The van der Waals surface area contributed by atoms with E-state index in [0.29, 0.717) is 11.4 Å². The average molecular weight is 337 g/mol. The number of imidazole rings is 1. The van der Waals surface area contributed by atoms with Gasteiger partial charge in [-0.05, 0) is 31.2 Å². The molecule has 1 unspecified atom stereocenters. The minimum Gasteiger partial charge on any atom is -0.344 e. The number of nitro benzene ring substituents is 1. The highest BCUT2D eigenvalue weighted by atomic mass is 16.6. The summed E-state index contributed by atoms with van der Waals surface area (Å²) in [6.07, 6.45) is 6.23. The standard InChI is InChI=1S/C17H15N5O3/c1-12(14-4-2-3-7-19-14)20-17(23)13-5-6-15(16(10-13)22(24)25)21-9-8-18-11-21/h2-12H,1H3,(H,20,23). The number of nitrogens with one attached hydrogen (secondary N) is 1. The van der Waals surface area contributed by atoms with Crippen LogP contribution in [0.3, 0.4) is 0 Å². The molecule has 8 nitrogen and oxygen atoms in total. The number of hydrogen-bond donors (Lipinski definition) is 1. The number of carbonyl (C=O) groups is 1. The molecule has 2 heterocycles. The lowest BCUT2D eigenvalue weighted by Crippen LogP contribution is -2.27. The van der Waals surface area contributed by atoms with E-state index in [1.54, 1.807) is 37.5 Å². The van der Waals surface area contributed by atoms with Gasteiger partial charge >= 0.3 is 0 Å². The van der Waals surface area contributed by atoms with Crippen LogP contribution in [0.1, 0.15) is 29.0 Å². The molecule has 2 aromatic heterocycles. The van der Waals surface area contributed by atoms with E-state index in [1.807, 2.05) is 6.07 Å². The summed E-state index contributed by atoms with van der Waals surface area (Å²) in [5.74, 6) is -0.404. The van der Waals surface area contributed by atoms with Gasteiger partial charge in [0.1, 0.15) is 5.69 Å². The molecule has 0 bridgehead atoms. The van der Waals surface area contributed by atoms with Crippen LogP contribution in [-0.4, -0.2) is 25.4 Å². The van der Waals surface area contributed by atoms with Crippen molar-refractivity contribution in [2.24, 2.45) is 0 Å². The summed E-state index contributed by atoms with van der Waals surface area (Å²) in [6, 6.07) is 9.43. The smallest absolute Gasteiger partial charge is 0.294 e. The minimum atomic E-state index is -0.520. The fourth-order valence-corrected chi connectivity index (χ4v) is 2.42. The van der Waals surface area contributed by atoms with Gasteiger partial charge in [0.15, 0.2) is 0 Å². The predicted molar refractivity (Wildman–Crippen MR) is 90.3 cm³/mol. The summed E-state index contributed by atoms with van der Waals surface area (Å²) < 4.78 is 1.52. The second-order valence-electron chi connectivity index (χ2n) is 5.38. The molecule has 0 aliphatic carbocycles. The third kappa shape index (κ3) is 3.52. The Hall–Kier alpha value is -3.55. The van der Waals surface area contributed by atoms with E-state index in [4.69, 9.17) is 0 Å². The molecule has 25 heavy (non-hydrogen) atoms. The lowest BCUT2D eigenvalue weighted by atomic mass is 10.1. The highest BCUT2D eigenvalue weighted by Crippen LogP contribution is 2.24. The highest BCUT2D eigenvalue weighted by molar-refractivity contribution is 5.95. The van der Waals surface area contributed by atoms with Crippen LogP contribution in [0, 0.1) is 10.1 Å². The Kier molecular flexibility index (Phi) is 4.51. The zero-order valence-electron chi connectivity index (χ0n) is 13.4. The van der Waals surface area contributed by atoms with E-state index >= 15 is 0 Å². The molecule has 3 aromatic rings. The Morgan fingerprint density at radius 1 is 1.28 bits per heavy atom. The van der Waals surface area contributed by atoms with Crippen molar-refractivity contribution in [2.75, 3.05) is 0 Å². The normalized spacial score (nSPS) is 11.7. The monoisotopic (exact) mass is 337 g/mol. The third-order valence-electron chi connectivity index (χ3n) is 3.70. The second kappa shape index (κ2) is 6.91. The van der Waals surface area contributed by atoms with Gasteiger partial charge in [-0.15, -0.1) is 0 Å². The van der Waals surface area contributed by atoms with Crippen LogP contribution in [0.5, 0.6) is 0 Å². The summed E-state index contributed by atoms with van der Waals surface area (Å²) in [6.45, 7) is 1.80. The van der Waals surface area contributed by atoms with Gasteiger partial charge in [0.25, 0.3) is 11.6 Å². The lowest BCUT2D eigenvalue weighted by molar-refractivity contribution is -0.384. The van der Waals surface area contributed by atoms with Crippen LogP contribution in [0.2, 0.25) is 0 Å². The van der Waals surface area contributed by atoms with Crippen molar-refractivity contribution in [2.45, 2.75) is 13.0 Å². The number of rotatable bonds is 5. The molecule has 3 rings (SSSR count). The molecule has 8 heteroatoms. The number of hydrogen-bond acceptors (Lipinski definition) is 5. The number of carbonyl (C=O) groups excluding carboxylic acids is 1. The molecule has 126 valence electrons. The molecule has 0 spiro atoms. The topological polar surface area (TPSA) is 103 Å². The van der Waals surface area contributed by atoms with Crippen molar-refractivity contribution in [3.05, 3.63) is 82.7 Å². The molecule has 1 aromatic carbocycles. The van der Waals surface area contributed by atoms with Crippen LogP contribution >= 0.6 is 0 Å². The van der Waals surface area contributed by atoms with E-state index in [0.717, 1.165) is 0 Å². The molecule has 1 N–H and O–H groups in total. The van der Waals surface area contributed by atoms with Gasteiger partial charge < -0.3 is 9.88 Å². The zero-order valence-corrected chi connectivity index (χ0v) is 13.4. The number of amides is 1. The number of nitrogens with zero attached hydrogens (tertiary/aromatic N) is 4. The van der Waals surface area contributed by atoms with E-state index in [2.05, 4.69) is 15.3 Å². The first-order chi connectivity index (χ1) is 12.1. The molecular weight excluding hydrogens is 322 g/mol. The minimum absolute atomic E-state index is 0.170.